The molecule has 1 aliphatic rings. The van der Waals surface area contributed by atoms with Gasteiger partial charge in [0.25, 0.3) is 0 Å². The zero-order valence-electron chi connectivity index (χ0n) is 19.3. The summed E-state index contributed by atoms with van der Waals surface area (Å²) in [4.78, 5) is 14.0. The van der Waals surface area contributed by atoms with Gasteiger partial charge in [0, 0.05) is 36.5 Å². The summed E-state index contributed by atoms with van der Waals surface area (Å²) in [7, 11) is 1.38. The Kier molecular flexibility index (Phi) is 8.07. The minimum absolute atomic E-state index is 0.344. The van der Waals surface area contributed by atoms with Crippen LogP contribution in [0, 0.1) is 0 Å². The molecule has 3 aromatic rings. The van der Waals surface area contributed by atoms with E-state index in [4.69, 9.17) is 9.47 Å². The lowest BCUT2D eigenvalue weighted by Gasteiger charge is -2.33. The average molecular weight is 466 g/mol. The van der Waals surface area contributed by atoms with Gasteiger partial charge in [-0.2, -0.15) is 0 Å². The molecule has 33 heavy (non-hydrogen) atoms. The van der Waals surface area contributed by atoms with Gasteiger partial charge in [-0.1, -0.05) is 43.2 Å². The predicted molar refractivity (Wildman–Crippen MR) is 133 cm³/mol. The molecular weight excluding hydrogens is 434 g/mol. The zero-order valence-corrected chi connectivity index (χ0v) is 20.1. The van der Waals surface area contributed by atoms with Gasteiger partial charge >= 0.3 is 5.97 Å². The molecule has 1 aromatic heterocycles. The van der Waals surface area contributed by atoms with Crippen LogP contribution in [0.4, 0.5) is 5.69 Å². The van der Waals surface area contributed by atoms with E-state index in [1.165, 1.54) is 32.1 Å². The molecule has 174 valence electrons. The maximum absolute atomic E-state index is 11.6. The van der Waals surface area contributed by atoms with E-state index in [1.54, 1.807) is 23.5 Å². The molecule has 0 N–H and O–H groups in total. The molecule has 0 spiro atoms. The van der Waals surface area contributed by atoms with Gasteiger partial charge in [-0.3, -0.25) is 0 Å². The van der Waals surface area contributed by atoms with E-state index in [0.717, 1.165) is 53.7 Å². The lowest BCUT2D eigenvalue weighted by molar-refractivity contribution is 0.0349. The molecule has 2 aromatic carbocycles. The number of methoxy groups -OCH3 is 1. The molecule has 0 radical (unpaired) electrons. The monoisotopic (exact) mass is 465 g/mol. The Labute approximate surface area is 199 Å². The van der Waals surface area contributed by atoms with E-state index in [1.807, 2.05) is 12.1 Å². The molecule has 0 bridgehead atoms. The highest BCUT2D eigenvalue weighted by atomic mass is 32.1. The van der Waals surface area contributed by atoms with Gasteiger partial charge in [0.05, 0.1) is 18.8 Å². The van der Waals surface area contributed by atoms with E-state index in [-0.39, 0.29) is 5.97 Å². The Bertz CT molecular complexity index is 1030. The number of aromatic nitrogens is 2. The minimum Gasteiger partial charge on any atom is -0.465 e. The smallest absolute Gasteiger partial charge is 0.337 e. The van der Waals surface area contributed by atoms with Crippen molar-refractivity contribution >= 4 is 23.0 Å². The van der Waals surface area contributed by atoms with Crippen LogP contribution in [-0.2, 0) is 9.47 Å². The first-order valence-corrected chi connectivity index (χ1v) is 12.5. The predicted octanol–water partition coefficient (Wildman–Crippen LogP) is 5.83. The average Bonchev–Trinajstić information content (AvgIpc) is 3.37. The molecule has 0 amide bonds. The van der Waals surface area contributed by atoms with Crippen LogP contribution in [0.15, 0.2) is 48.5 Å². The van der Waals surface area contributed by atoms with Crippen molar-refractivity contribution in [1.82, 2.24) is 10.2 Å². The number of benzene rings is 2. The van der Waals surface area contributed by atoms with Crippen molar-refractivity contribution in [2.24, 2.45) is 0 Å². The quantitative estimate of drug-likeness (QED) is 0.292. The third-order valence-corrected chi connectivity index (χ3v) is 7.02. The van der Waals surface area contributed by atoms with Crippen molar-refractivity contribution in [3.63, 3.8) is 0 Å². The van der Waals surface area contributed by atoms with Gasteiger partial charge in [0.2, 0.25) is 0 Å². The summed E-state index contributed by atoms with van der Waals surface area (Å²) in [5.41, 5.74) is 3.76. The molecular formula is C26H31N3O3S. The van der Waals surface area contributed by atoms with Crippen LogP contribution >= 0.6 is 11.3 Å². The van der Waals surface area contributed by atoms with Gasteiger partial charge in [0.1, 0.15) is 10.0 Å². The standard InChI is InChI=1S/C26H31N3O3S/c1-3-4-5-18-32-23-14-16-29(17-15-23)22-12-10-20(11-13-22)25-28-27-24(33-25)19-6-8-21(9-7-19)26(30)31-2/h6-13,23H,3-5,14-18H2,1-2H3. The highest BCUT2D eigenvalue weighted by Gasteiger charge is 2.20. The normalized spacial score (nSPS) is 14.4. The van der Waals surface area contributed by atoms with Crippen molar-refractivity contribution < 1.29 is 14.3 Å². The number of anilines is 1. The SMILES string of the molecule is CCCCCOC1CCN(c2ccc(-c3nnc(-c4ccc(C(=O)OC)cc4)s3)cc2)CC1. The number of esters is 1. The van der Waals surface area contributed by atoms with Crippen LogP contribution in [0.1, 0.15) is 49.4 Å². The Morgan fingerprint density at radius 3 is 2.15 bits per heavy atom. The summed E-state index contributed by atoms with van der Waals surface area (Å²) in [5, 5.41) is 10.4. The molecule has 0 unspecified atom stereocenters. The molecule has 0 atom stereocenters. The van der Waals surface area contributed by atoms with Gasteiger partial charge in [-0.05, 0) is 55.7 Å². The summed E-state index contributed by atoms with van der Waals surface area (Å²) < 4.78 is 10.8. The lowest BCUT2D eigenvalue weighted by Crippen LogP contribution is -2.37. The summed E-state index contributed by atoms with van der Waals surface area (Å²) >= 11 is 1.54. The number of nitrogens with zero attached hydrogens (tertiary/aromatic N) is 3. The van der Waals surface area contributed by atoms with Crippen molar-refractivity contribution in [3.8, 4) is 21.1 Å². The molecule has 6 nitrogen and oxygen atoms in total. The van der Waals surface area contributed by atoms with E-state index >= 15 is 0 Å². The molecule has 2 heterocycles. The maximum Gasteiger partial charge on any atom is 0.337 e. The van der Waals surface area contributed by atoms with Crippen LogP contribution in [0.3, 0.4) is 0 Å². The fraction of sp³-hybridized carbons (Fsp3) is 0.423. The summed E-state index contributed by atoms with van der Waals surface area (Å²) in [6.45, 7) is 5.18. The minimum atomic E-state index is -0.344. The first-order chi connectivity index (χ1) is 16.2. The van der Waals surface area contributed by atoms with E-state index in [0.29, 0.717) is 11.7 Å². The topological polar surface area (TPSA) is 64.5 Å². The van der Waals surface area contributed by atoms with Crippen molar-refractivity contribution in [1.29, 1.82) is 0 Å². The number of carbonyl (C=O) groups is 1. The second-order valence-corrected chi connectivity index (χ2v) is 9.27. The van der Waals surface area contributed by atoms with Crippen molar-refractivity contribution in [2.75, 3.05) is 31.7 Å². The van der Waals surface area contributed by atoms with Gasteiger partial charge in [0.15, 0.2) is 0 Å². The number of ether oxygens (including phenoxy) is 2. The van der Waals surface area contributed by atoms with Crippen LogP contribution in [0.5, 0.6) is 0 Å². The van der Waals surface area contributed by atoms with Gasteiger partial charge in [-0.15, -0.1) is 10.2 Å². The Hall–Kier alpha value is -2.77. The molecule has 7 heteroatoms. The first kappa shape index (κ1) is 23.4. The molecule has 0 aliphatic carbocycles. The molecule has 0 saturated carbocycles. The number of hydrogen-bond donors (Lipinski definition) is 0. The second-order valence-electron chi connectivity index (χ2n) is 8.29. The summed E-state index contributed by atoms with van der Waals surface area (Å²) in [6, 6.07) is 15.8. The van der Waals surface area contributed by atoms with E-state index in [9.17, 15) is 4.79 Å². The molecule has 1 saturated heterocycles. The first-order valence-electron chi connectivity index (χ1n) is 11.7. The highest BCUT2D eigenvalue weighted by Crippen LogP contribution is 2.31. The summed E-state index contributed by atoms with van der Waals surface area (Å²) in [5.74, 6) is -0.344. The van der Waals surface area contributed by atoms with Gasteiger partial charge < -0.3 is 14.4 Å². The van der Waals surface area contributed by atoms with E-state index in [2.05, 4.69) is 46.3 Å². The third-order valence-electron chi connectivity index (χ3n) is 6.00. The van der Waals surface area contributed by atoms with Crippen molar-refractivity contribution in [3.05, 3.63) is 54.1 Å². The molecule has 1 aliphatic heterocycles. The largest absolute Gasteiger partial charge is 0.465 e. The second kappa shape index (κ2) is 11.4. The number of hydrogen-bond acceptors (Lipinski definition) is 7. The number of piperidine rings is 1. The Balaban J connectivity index is 1.34. The van der Waals surface area contributed by atoms with Crippen LogP contribution < -0.4 is 4.90 Å². The number of rotatable bonds is 9. The Morgan fingerprint density at radius 2 is 1.58 bits per heavy atom. The number of carbonyl (C=O) groups excluding carboxylic acids is 1. The maximum atomic E-state index is 11.6. The highest BCUT2D eigenvalue weighted by molar-refractivity contribution is 7.17. The zero-order chi connectivity index (χ0) is 23.0. The van der Waals surface area contributed by atoms with Crippen LogP contribution in [0.25, 0.3) is 21.1 Å². The molecule has 1 fully saturated rings. The number of unbranched alkanes of at least 4 members (excludes halogenated alkanes) is 2. The molecule has 4 rings (SSSR count). The summed E-state index contributed by atoms with van der Waals surface area (Å²) in [6.07, 6.45) is 6.23. The van der Waals surface area contributed by atoms with Crippen LogP contribution in [0.2, 0.25) is 0 Å². The van der Waals surface area contributed by atoms with Gasteiger partial charge in [-0.25, -0.2) is 4.79 Å². The fourth-order valence-electron chi connectivity index (χ4n) is 4.02. The third kappa shape index (κ3) is 5.97. The lowest BCUT2D eigenvalue weighted by atomic mass is 10.1. The Morgan fingerprint density at radius 1 is 0.970 bits per heavy atom. The fourth-order valence-corrected chi connectivity index (χ4v) is 4.88. The van der Waals surface area contributed by atoms with Crippen molar-refractivity contribution in [2.45, 2.75) is 45.1 Å². The van der Waals surface area contributed by atoms with E-state index < -0.39 is 0 Å². The van der Waals surface area contributed by atoms with Crippen LogP contribution in [-0.4, -0.2) is 49.1 Å².